The van der Waals surface area contributed by atoms with Crippen LogP contribution in [0.1, 0.15) is 55.6 Å². The number of rotatable bonds is 2. The van der Waals surface area contributed by atoms with Crippen molar-refractivity contribution in [3.05, 3.63) is 10.6 Å². The molecule has 1 aromatic rings. The summed E-state index contributed by atoms with van der Waals surface area (Å²) in [6.45, 7) is 3.46. The van der Waals surface area contributed by atoms with Crippen molar-refractivity contribution in [2.24, 2.45) is 5.73 Å². The van der Waals surface area contributed by atoms with Gasteiger partial charge < -0.3 is 10.6 Å². The first-order valence-corrected chi connectivity index (χ1v) is 7.63. The molecule has 4 heteroatoms. The highest BCUT2D eigenvalue weighted by Crippen LogP contribution is 2.38. The first-order chi connectivity index (χ1) is 8.29. The Kier molecular flexibility index (Phi) is 3.09. The molecule has 1 aliphatic carbocycles. The Labute approximate surface area is 107 Å². The fourth-order valence-electron chi connectivity index (χ4n) is 3.07. The standard InChI is InChI=1S/C13H21N3S/c1-2-9-5-4-8-16(9)13-15-12-10(14)6-3-7-11(12)17-13/h9-10H,2-8,14H2,1H3. The SMILES string of the molecule is CCC1CCCN1c1nc2c(s1)CCCC2N. The predicted molar refractivity (Wildman–Crippen MR) is 72.6 cm³/mol. The molecule has 0 saturated carbocycles. The van der Waals surface area contributed by atoms with E-state index in [1.54, 1.807) is 0 Å². The van der Waals surface area contributed by atoms with E-state index in [9.17, 15) is 0 Å². The van der Waals surface area contributed by atoms with Crippen LogP contribution in [-0.2, 0) is 6.42 Å². The number of nitrogens with two attached hydrogens (primary N) is 1. The average molecular weight is 251 g/mol. The molecule has 3 nitrogen and oxygen atoms in total. The number of aryl methyl sites for hydroxylation is 1. The van der Waals surface area contributed by atoms with Gasteiger partial charge in [-0.2, -0.15) is 0 Å². The zero-order valence-electron chi connectivity index (χ0n) is 10.5. The van der Waals surface area contributed by atoms with Crippen molar-refractivity contribution in [2.75, 3.05) is 11.4 Å². The first kappa shape index (κ1) is 11.5. The van der Waals surface area contributed by atoms with Gasteiger partial charge >= 0.3 is 0 Å². The van der Waals surface area contributed by atoms with E-state index in [4.69, 9.17) is 10.7 Å². The number of thiazole rings is 1. The molecule has 2 N–H and O–H groups in total. The number of nitrogens with zero attached hydrogens (tertiary/aromatic N) is 2. The van der Waals surface area contributed by atoms with Gasteiger partial charge in [0.25, 0.3) is 0 Å². The van der Waals surface area contributed by atoms with Crippen LogP contribution < -0.4 is 10.6 Å². The van der Waals surface area contributed by atoms with Crippen molar-refractivity contribution in [1.29, 1.82) is 0 Å². The van der Waals surface area contributed by atoms with Crippen molar-refractivity contribution in [3.63, 3.8) is 0 Å². The number of fused-ring (bicyclic) bond motifs is 1. The van der Waals surface area contributed by atoms with Gasteiger partial charge in [0.15, 0.2) is 5.13 Å². The Bertz CT molecular complexity index is 401. The van der Waals surface area contributed by atoms with Crippen molar-refractivity contribution >= 4 is 16.5 Å². The minimum atomic E-state index is 0.187. The highest BCUT2D eigenvalue weighted by atomic mass is 32.1. The molecule has 94 valence electrons. The third-order valence-corrected chi connectivity index (χ3v) is 5.25. The van der Waals surface area contributed by atoms with Gasteiger partial charge in [-0.15, -0.1) is 11.3 Å². The maximum absolute atomic E-state index is 6.15. The van der Waals surface area contributed by atoms with Crippen LogP contribution in [0.3, 0.4) is 0 Å². The maximum atomic E-state index is 6.15. The van der Waals surface area contributed by atoms with Crippen molar-refractivity contribution in [1.82, 2.24) is 4.98 Å². The highest BCUT2D eigenvalue weighted by molar-refractivity contribution is 7.15. The second-order valence-electron chi connectivity index (χ2n) is 5.20. The lowest BCUT2D eigenvalue weighted by Gasteiger charge is -2.22. The van der Waals surface area contributed by atoms with E-state index in [1.165, 1.54) is 54.4 Å². The largest absolute Gasteiger partial charge is 0.345 e. The molecule has 17 heavy (non-hydrogen) atoms. The van der Waals surface area contributed by atoms with E-state index in [2.05, 4.69) is 11.8 Å². The Hall–Kier alpha value is -0.610. The van der Waals surface area contributed by atoms with Gasteiger partial charge in [-0.3, -0.25) is 0 Å². The molecule has 0 bridgehead atoms. The molecule has 0 spiro atoms. The second kappa shape index (κ2) is 4.58. The normalized spacial score (nSPS) is 28.5. The highest BCUT2D eigenvalue weighted by Gasteiger charge is 2.28. The van der Waals surface area contributed by atoms with E-state index in [1.807, 2.05) is 11.3 Å². The number of aromatic nitrogens is 1. The van der Waals surface area contributed by atoms with Gasteiger partial charge in [0.05, 0.1) is 5.69 Å². The van der Waals surface area contributed by atoms with E-state index in [0.29, 0.717) is 6.04 Å². The number of hydrogen-bond acceptors (Lipinski definition) is 4. The monoisotopic (exact) mass is 251 g/mol. The van der Waals surface area contributed by atoms with Crippen LogP contribution in [-0.4, -0.2) is 17.6 Å². The molecular weight excluding hydrogens is 230 g/mol. The summed E-state index contributed by atoms with van der Waals surface area (Å²) in [5.41, 5.74) is 7.34. The predicted octanol–water partition coefficient (Wildman–Crippen LogP) is 2.86. The van der Waals surface area contributed by atoms with Crippen LogP contribution in [0.4, 0.5) is 5.13 Å². The van der Waals surface area contributed by atoms with Crippen LogP contribution in [0.15, 0.2) is 0 Å². The number of hydrogen-bond donors (Lipinski definition) is 1. The van der Waals surface area contributed by atoms with Crippen LogP contribution in [0, 0.1) is 0 Å². The quantitative estimate of drug-likeness (QED) is 0.879. The lowest BCUT2D eigenvalue weighted by atomic mass is 9.99. The molecule has 1 saturated heterocycles. The van der Waals surface area contributed by atoms with Gasteiger partial charge in [-0.25, -0.2) is 4.98 Å². The zero-order valence-corrected chi connectivity index (χ0v) is 11.3. The molecule has 0 amide bonds. The third-order valence-electron chi connectivity index (χ3n) is 4.08. The summed E-state index contributed by atoms with van der Waals surface area (Å²) in [6, 6.07) is 0.894. The molecule has 2 atom stereocenters. The summed E-state index contributed by atoms with van der Waals surface area (Å²) in [5.74, 6) is 0. The van der Waals surface area contributed by atoms with Crippen molar-refractivity contribution in [2.45, 2.75) is 57.5 Å². The lowest BCUT2D eigenvalue weighted by Crippen LogP contribution is -2.28. The maximum Gasteiger partial charge on any atom is 0.186 e. The van der Waals surface area contributed by atoms with E-state index >= 15 is 0 Å². The third kappa shape index (κ3) is 1.97. The fourth-order valence-corrected chi connectivity index (χ4v) is 4.34. The molecular formula is C13H21N3S. The molecule has 0 aromatic carbocycles. The van der Waals surface area contributed by atoms with Crippen LogP contribution in [0.25, 0.3) is 0 Å². The molecule has 1 aliphatic heterocycles. The topological polar surface area (TPSA) is 42.2 Å². The van der Waals surface area contributed by atoms with Crippen molar-refractivity contribution in [3.8, 4) is 0 Å². The lowest BCUT2D eigenvalue weighted by molar-refractivity contribution is 0.562. The summed E-state index contributed by atoms with van der Waals surface area (Å²) >= 11 is 1.89. The molecule has 2 unspecified atom stereocenters. The molecule has 1 fully saturated rings. The fraction of sp³-hybridized carbons (Fsp3) is 0.769. The van der Waals surface area contributed by atoms with Crippen molar-refractivity contribution < 1.29 is 0 Å². The Balaban J connectivity index is 1.89. The van der Waals surface area contributed by atoms with Gasteiger partial charge in [0.2, 0.25) is 0 Å². The molecule has 2 aliphatic rings. The van der Waals surface area contributed by atoms with Gasteiger partial charge in [0.1, 0.15) is 0 Å². The van der Waals surface area contributed by atoms with E-state index in [-0.39, 0.29) is 6.04 Å². The summed E-state index contributed by atoms with van der Waals surface area (Å²) in [4.78, 5) is 8.79. The second-order valence-corrected chi connectivity index (χ2v) is 6.26. The summed E-state index contributed by atoms with van der Waals surface area (Å²) in [7, 11) is 0. The van der Waals surface area contributed by atoms with E-state index in [0.717, 1.165) is 6.42 Å². The van der Waals surface area contributed by atoms with Gasteiger partial charge in [-0.1, -0.05) is 6.92 Å². The minimum Gasteiger partial charge on any atom is -0.345 e. The minimum absolute atomic E-state index is 0.187. The van der Waals surface area contributed by atoms with Crippen LogP contribution in [0.2, 0.25) is 0 Å². The average Bonchev–Trinajstić information content (AvgIpc) is 2.94. The Morgan fingerprint density at radius 2 is 2.29 bits per heavy atom. The summed E-state index contributed by atoms with van der Waals surface area (Å²) in [5, 5.41) is 1.23. The zero-order chi connectivity index (χ0) is 11.8. The van der Waals surface area contributed by atoms with Gasteiger partial charge in [-0.05, 0) is 38.5 Å². The van der Waals surface area contributed by atoms with E-state index < -0.39 is 0 Å². The molecule has 1 aromatic heterocycles. The smallest absolute Gasteiger partial charge is 0.186 e. The molecule has 2 heterocycles. The Morgan fingerprint density at radius 3 is 3.06 bits per heavy atom. The van der Waals surface area contributed by atoms with Gasteiger partial charge in [0, 0.05) is 23.5 Å². The molecule has 3 rings (SSSR count). The number of anilines is 1. The molecule has 0 radical (unpaired) electrons. The first-order valence-electron chi connectivity index (χ1n) is 6.81. The van der Waals surface area contributed by atoms with Crippen LogP contribution >= 0.6 is 11.3 Å². The summed E-state index contributed by atoms with van der Waals surface area (Å²) < 4.78 is 0. The van der Waals surface area contributed by atoms with Crippen LogP contribution in [0.5, 0.6) is 0 Å². The Morgan fingerprint density at radius 1 is 1.41 bits per heavy atom. The summed E-state index contributed by atoms with van der Waals surface area (Å²) in [6.07, 6.45) is 7.39.